The summed E-state index contributed by atoms with van der Waals surface area (Å²) in [6.45, 7) is 3.89. The van der Waals surface area contributed by atoms with E-state index < -0.39 is 0 Å². The normalized spacial score (nSPS) is 11.2. The summed E-state index contributed by atoms with van der Waals surface area (Å²) in [7, 11) is 0. The van der Waals surface area contributed by atoms with Crippen LogP contribution in [-0.4, -0.2) is 24.7 Å². The summed E-state index contributed by atoms with van der Waals surface area (Å²) < 4.78 is 3.83. The average molecular weight is 381 g/mol. The molecule has 6 heteroatoms. The number of hydrogen-bond acceptors (Lipinski definition) is 3. The zero-order valence-corrected chi connectivity index (χ0v) is 16.1. The first-order valence-electron chi connectivity index (χ1n) is 9.40. The predicted molar refractivity (Wildman–Crippen MR) is 113 cm³/mol. The highest BCUT2D eigenvalue weighted by Gasteiger charge is 2.16. The summed E-state index contributed by atoms with van der Waals surface area (Å²) in [5, 5.41) is 2.97. The minimum atomic E-state index is -0.183. The summed E-state index contributed by atoms with van der Waals surface area (Å²) in [6.07, 6.45) is 5.85. The van der Waals surface area contributed by atoms with Crippen molar-refractivity contribution in [3.63, 3.8) is 0 Å². The van der Waals surface area contributed by atoms with E-state index in [1.165, 1.54) is 0 Å². The third-order valence-corrected chi connectivity index (χ3v) is 5.04. The van der Waals surface area contributed by atoms with E-state index in [0.717, 1.165) is 33.8 Å². The Kier molecular flexibility index (Phi) is 3.91. The lowest BCUT2D eigenvalue weighted by atomic mass is 10.1. The molecule has 0 aliphatic rings. The molecule has 142 valence electrons. The number of fused-ring (bicyclic) bond motifs is 2. The minimum Gasteiger partial charge on any atom is -0.321 e. The molecule has 0 fully saturated rings. The molecule has 1 aromatic carbocycles. The zero-order valence-electron chi connectivity index (χ0n) is 16.1. The van der Waals surface area contributed by atoms with E-state index in [-0.39, 0.29) is 5.91 Å². The van der Waals surface area contributed by atoms with Crippen LogP contribution in [0, 0.1) is 13.8 Å². The van der Waals surface area contributed by atoms with E-state index in [0.29, 0.717) is 11.4 Å². The highest BCUT2D eigenvalue weighted by molar-refractivity contribution is 6.04. The molecule has 5 rings (SSSR count). The summed E-state index contributed by atoms with van der Waals surface area (Å²) in [4.78, 5) is 22.0. The largest absolute Gasteiger partial charge is 0.321 e. The van der Waals surface area contributed by atoms with E-state index in [1.54, 1.807) is 4.40 Å². The molecule has 0 bridgehead atoms. The lowest BCUT2D eigenvalue weighted by Gasteiger charge is -2.07. The molecule has 1 N–H and O–H groups in total. The number of aromatic nitrogens is 4. The van der Waals surface area contributed by atoms with Crippen molar-refractivity contribution in [3.05, 3.63) is 90.1 Å². The Morgan fingerprint density at radius 2 is 1.76 bits per heavy atom. The van der Waals surface area contributed by atoms with Crippen molar-refractivity contribution in [2.24, 2.45) is 0 Å². The second kappa shape index (κ2) is 6.60. The molecule has 0 unspecified atom stereocenters. The van der Waals surface area contributed by atoms with Gasteiger partial charge in [-0.2, -0.15) is 0 Å². The first-order chi connectivity index (χ1) is 14.1. The van der Waals surface area contributed by atoms with Gasteiger partial charge in [-0.1, -0.05) is 24.3 Å². The van der Waals surface area contributed by atoms with Crippen molar-refractivity contribution in [3.8, 4) is 11.3 Å². The van der Waals surface area contributed by atoms with Gasteiger partial charge in [0.2, 0.25) is 0 Å². The molecule has 29 heavy (non-hydrogen) atoms. The Hall–Kier alpha value is -3.93. The lowest BCUT2D eigenvalue weighted by molar-refractivity contribution is 0.102. The van der Waals surface area contributed by atoms with Crippen molar-refractivity contribution < 1.29 is 4.79 Å². The average Bonchev–Trinajstić information content (AvgIpc) is 3.30. The number of nitrogens with one attached hydrogen (secondary N) is 1. The monoisotopic (exact) mass is 381 g/mol. The standard InChI is InChI=1S/C23H19N5O/c1-15-6-5-12-27-14-19(26-22(15)27)17-8-10-18(11-9-17)25-23(29)21-16(2)24-20-7-3-4-13-28(20)21/h3-14H,1-2H3,(H,25,29). The van der Waals surface area contributed by atoms with Gasteiger partial charge in [-0.15, -0.1) is 0 Å². The number of carbonyl (C=O) groups is 1. The molecule has 0 spiro atoms. The molecular weight excluding hydrogens is 362 g/mol. The first kappa shape index (κ1) is 17.2. The van der Waals surface area contributed by atoms with E-state index in [1.807, 2.05) is 91.4 Å². The van der Waals surface area contributed by atoms with Crippen LogP contribution < -0.4 is 5.32 Å². The first-order valence-corrected chi connectivity index (χ1v) is 9.40. The fourth-order valence-corrected chi connectivity index (χ4v) is 3.59. The predicted octanol–water partition coefficient (Wildman–Crippen LogP) is 4.52. The second-order valence-corrected chi connectivity index (χ2v) is 7.05. The molecule has 4 heterocycles. The van der Waals surface area contributed by atoms with Crippen LogP contribution in [0.15, 0.2) is 73.2 Å². The van der Waals surface area contributed by atoms with E-state index >= 15 is 0 Å². The zero-order chi connectivity index (χ0) is 20.0. The maximum atomic E-state index is 12.8. The van der Waals surface area contributed by atoms with Gasteiger partial charge in [0.15, 0.2) is 0 Å². The highest BCUT2D eigenvalue weighted by Crippen LogP contribution is 2.23. The van der Waals surface area contributed by atoms with Gasteiger partial charge in [0.1, 0.15) is 17.0 Å². The van der Waals surface area contributed by atoms with Crippen LogP contribution in [0.3, 0.4) is 0 Å². The molecule has 1 amide bonds. The lowest BCUT2D eigenvalue weighted by Crippen LogP contribution is -2.15. The van der Waals surface area contributed by atoms with Crippen LogP contribution in [0.25, 0.3) is 22.6 Å². The van der Waals surface area contributed by atoms with Gasteiger partial charge in [0, 0.05) is 29.8 Å². The minimum absolute atomic E-state index is 0.183. The molecule has 5 aromatic rings. The number of benzene rings is 1. The Morgan fingerprint density at radius 1 is 0.931 bits per heavy atom. The number of imidazole rings is 2. The van der Waals surface area contributed by atoms with Crippen molar-refractivity contribution in [2.45, 2.75) is 13.8 Å². The second-order valence-electron chi connectivity index (χ2n) is 7.05. The van der Waals surface area contributed by atoms with E-state index in [4.69, 9.17) is 4.98 Å². The van der Waals surface area contributed by atoms with Gasteiger partial charge in [-0.25, -0.2) is 9.97 Å². The smallest absolute Gasteiger partial charge is 0.274 e. The van der Waals surface area contributed by atoms with E-state index in [2.05, 4.69) is 10.3 Å². The number of aryl methyl sites for hydroxylation is 2. The number of amides is 1. The quantitative estimate of drug-likeness (QED) is 0.500. The van der Waals surface area contributed by atoms with Gasteiger partial charge in [-0.3, -0.25) is 9.20 Å². The van der Waals surface area contributed by atoms with Crippen LogP contribution in [-0.2, 0) is 0 Å². The summed E-state index contributed by atoms with van der Waals surface area (Å²) in [6, 6.07) is 17.4. The van der Waals surface area contributed by atoms with Gasteiger partial charge < -0.3 is 9.72 Å². The number of carbonyl (C=O) groups excluding carboxylic acids is 1. The third-order valence-electron chi connectivity index (χ3n) is 5.04. The van der Waals surface area contributed by atoms with Crippen molar-refractivity contribution in [1.82, 2.24) is 18.8 Å². The van der Waals surface area contributed by atoms with Crippen molar-refractivity contribution >= 4 is 22.9 Å². The number of pyridine rings is 2. The molecule has 0 saturated carbocycles. The Morgan fingerprint density at radius 3 is 2.55 bits per heavy atom. The summed E-state index contributed by atoms with van der Waals surface area (Å²) >= 11 is 0. The Balaban J connectivity index is 1.42. The number of rotatable bonds is 3. The summed E-state index contributed by atoms with van der Waals surface area (Å²) in [5.74, 6) is -0.183. The van der Waals surface area contributed by atoms with Gasteiger partial charge in [0.25, 0.3) is 5.91 Å². The Labute approximate surface area is 167 Å². The third kappa shape index (κ3) is 2.95. The molecule has 0 radical (unpaired) electrons. The Bertz CT molecular complexity index is 1360. The maximum absolute atomic E-state index is 12.8. The number of anilines is 1. The van der Waals surface area contributed by atoms with Crippen LogP contribution in [0.4, 0.5) is 5.69 Å². The molecule has 0 atom stereocenters. The molecular formula is C23H19N5O. The molecule has 0 aliphatic carbocycles. The topological polar surface area (TPSA) is 63.7 Å². The molecule has 0 saturated heterocycles. The summed E-state index contributed by atoms with van der Waals surface area (Å²) in [5.41, 5.74) is 6.70. The number of nitrogens with zero attached hydrogens (tertiary/aromatic N) is 4. The molecule has 6 nitrogen and oxygen atoms in total. The molecule has 4 aromatic heterocycles. The fourth-order valence-electron chi connectivity index (χ4n) is 3.59. The maximum Gasteiger partial charge on any atom is 0.274 e. The van der Waals surface area contributed by atoms with Crippen LogP contribution in [0.2, 0.25) is 0 Å². The van der Waals surface area contributed by atoms with Gasteiger partial charge >= 0.3 is 0 Å². The van der Waals surface area contributed by atoms with Crippen LogP contribution in [0.1, 0.15) is 21.7 Å². The van der Waals surface area contributed by atoms with E-state index in [9.17, 15) is 4.79 Å². The van der Waals surface area contributed by atoms with Crippen molar-refractivity contribution in [2.75, 3.05) is 5.32 Å². The highest BCUT2D eigenvalue weighted by atomic mass is 16.2. The molecule has 0 aliphatic heterocycles. The van der Waals surface area contributed by atoms with Crippen LogP contribution >= 0.6 is 0 Å². The van der Waals surface area contributed by atoms with Crippen molar-refractivity contribution in [1.29, 1.82) is 0 Å². The SMILES string of the molecule is Cc1nc2ccccn2c1C(=O)Nc1ccc(-c2cn3cccc(C)c3n2)cc1. The van der Waals surface area contributed by atoms with Crippen LogP contribution in [0.5, 0.6) is 0 Å². The fraction of sp³-hybridized carbons (Fsp3) is 0.0870. The van der Waals surface area contributed by atoms with Gasteiger partial charge in [0.05, 0.1) is 11.4 Å². The van der Waals surface area contributed by atoms with Gasteiger partial charge in [-0.05, 0) is 49.7 Å². The number of hydrogen-bond donors (Lipinski definition) is 1.